The number of nitrogens with zero attached hydrogens (tertiary/aromatic N) is 1. The maximum absolute atomic E-state index is 3.62. The van der Waals surface area contributed by atoms with Crippen molar-refractivity contribution in [2.75, 3.05) is 31.1 Å². The van der Waals surface area contributed by atoms with Crippen molar-refractivity contribution < 1.29 is 0 Å². The van der Waals surface area contributed by atoms with Gasteiger partial charge in [0.1, 0.15) is 0 Å². The summed E-state index contributed by atoms with van der Waals surface area (Å²) in [6, 6.07) is 1.50. The van der Waals surface area contributed by atoms with E-state index in [0.717, 1.165) is 12.1 Å². The predicted octanol–water partition coefficient (Wildman–Crippen LogP) is 2.20. The molecule has 15 heavy (non-hydrogen) atoms. The predicted molar refractivity (Wildman–Crippen MR) is 70.7 cm³/mol. The normalized spacial score (nSPS) is 24.6. The van der Waals surface area contributed by atoms with E-state index in [2.05, 4.69) is 42.7 Å². The summed E-state index contributed by atoms with van der Waals surface area (Å²) in [4.78, 5) is 2.63. The van der Waals surface area contributed by atoms with E-state index in [9.17, 15) is 0 Å². The number of likely N-dealkylation sites (tertiary alicyclic amines) is 1. The van der Waals surface area contributed by atoms with Gasteiger partial charge in [-0.25, -0.2) is 0 Å². The minimum absolute atomic E-state index is 0.749. The quantitative estimate of drug-likeness (QED) is 0.722. The van der Waals surface area contributed by atoms with E-state index >= 15 is 0 Å². The molecular formula is C12H26N2S. The Kier molecular flexibility index (Phi) is 6.69. The van der Waals surface area contributed by atoms with E-state index in [1.807, 2.05) is 0 Å². The average Bonchev–Trinajstić information content (AvgIpc) is 2.71. The summed E-state index contributed by atoms with van der Waals surface area (Å²) in [5, 5.41) is 3.62. The molecule has 0 aromatic rings. The maximum Gasteiger partial charge on any atom is 0.0207 e. The van der Waals surface area contributed by atoms with Gasteiger partial charge in [0.15, 0.2) is 0 Å². The molecule has 3 heteroatoms. The highest BCUT2D eigenvalue weighted by molar-refractivity contribution is 7.99. The van der Waals surface area contributed by atoms with Crippen molar-refractivity contribution >= 4 is 11.8 Å². The molecule has 2 atom stereocenters. The lowest BCUT2D eigenvalue weighted by molar-refractivity contribution is 0.272. The number of thioether (sulfide) groups is 1. The lowest BCUT2D eigenvalue weighted by Gasteiger charge is -2.24. The molecule has 0 spiro atoms. The largest absolute Gasteiger partial charge is 0.313 e. The number of hydrogen-bond donors (Lipinski definition) is 1. The third-order valence-corrected chi connectivity index (χ3v) is 4.22. The minimum atomic E-state index is 0.749. The van der Waals surface area contributed by atoms with Crippen LogP contribution in [0.1, 0.15) is 33.6 Å². The summed E-state index contributed by atoms with van der Waals surface area (Å²) in [6.45, 7) is 10.6. The summed E-state index contributed by atoms with van der Waals surface area (Å²) in [7, 11) is 0. The molecule has 0 aromatic heterocycles. The fraction of sp³-hybridized carbons (Fsp3) is 1.00. The van der Waals surface area contributed by atoms with Crippen molar-refractivity contribution in [1.82, 2.24) is 10.2 Å². The molecule has 0 aliphatic carbocycles. The molecule has 1 fully saturated rings. The zero-order chi connectivity index (χ0) is 11.1. The van der Waals surface area contributed by atoms with E-state index < -0.39 is 0 Å². The fourth-order valence-corrected chi connectivity index (χ4v) is 2.88. The van der Waals surface area contributed by atoms with Crippen LogP contribution in [0.5, 0.6) is 0 Å². The molecule has 2 nitrogen and oxygen atoms in total. The highest BCUT2D eigenvalue weighted by atomic mass is 32.2. The molecule has 1 saturated heterocycles. The summed E-state index contributed by atoms with van der Waals surface area (Å²) in [5.41, 5.74) is 0. The molecule has 0 radical (unpaired) electrons. The Hall–Kier alpha value is 0.270. The van der Waals surface area contributed by atoms with Gasteiger partial charge < -0.3 is 5.32 Å². The van der Waals surface area contributed by atoms with Crippen LogP contribution in [0.4, 0.5) is 0 Å². The molecule has 1 N–H and O–H groups in total. The van der Waals surface area contributed by atoms with Crippen LogP contribution in [0.2, 0.25) is 0 Å². The summed E-state index contributed by atoms with van der Waals surface area (Å²) >= 11 is 2.06. The third-order valence-electron chi connectivity index (χ3n) is 3.09. The lowest BCUT2D eigenvalue weighted by atomic mass is 10.2. The lowest BCUT2D eigenvalue weighted by Crippen LogP contribution is -2.37. The maximum atomic E-state index is 3.62. The average molecular weight is 230 g/mol. The van der Waals surface area contributed by atoms with Crippen LogP contribution in [-0.4, -0.2) is 48.1 Å². The number of hydrogen-bond acceptors (Lipinski definition) is 3. The number of nitrogens with one attached hydrogen (secondary N) is 1. The Morgan fingerprint density at radius 3 is 2.93 bits per heavy atom. The highest BCUT2D eigenvalue weighted by Gasteiger charge is 2.24. The molecule has 1 aliphatic heterocycles. The molecule has 1 aliphatic rings. The van der Waals surface area contributed by atoms with Gasteiger partial charge >= 0.3 is 0 Å². The van der Waals surface area contributed by atoms with Crippen molar-refractivity contribution in [3.8, 4) is 0 Å². The Bertz CT molecular complexity index is 164. The van der Waals surface area contributed by atoms with Gasteiger partial charge in [0.25, 0.3) is 0 Å². The topological polar surface area (TPSA) is 15.3 Å². The van der Waals surface area contributed by atoms with Gasteiger partial charge in [0.05, 0.1) is 0 Å². The van der Waals surface area contributed by atoms with Crippen molar-refractivity contribution in [3.05, 3.63) is 0 Å². The molecule has 2 unspecified atom stereocenters. The standard InChI is InChI=1S/C12H26N2S/c1-4-7-13-12-6-8-14(9-12)11(3)10-15-5-2/h11-13H,4-10H2,1-3H3. The molecule has 0 bridgehead atoms. The van der Waals surface area contributed by atoms with Gasteiger partial charge in [0.2, 0.25) is 0 Å². The Labute approximate surface area is 99.2 Å². The zero-order valence-corrected chi connectivity index (χ0v) is 11.3. The summed E-state index contributed by atoms with van der Waals surface area (Å²) in [6.07, 6.45) is 2.58. The van der Waals surface area contributed by atoms with Crippen molar-refractivity contribution in [3.63, 3.8) is 0 Å². The highest BCUT2D eigenvalue weighted by Crippen LogP contribution is 2.15. The van der Waals surface area contributed by atoms with Gasteiger partial charge in [-0.1, -0.05) is 13.8 Å². The summed E-state index contributed by atoms with van der Waals surface area (Å²) in [5.74, 6) is 2.53. The first-order chi connectivity index (χ1) is 7.27. The van der Waals surface area contributed by atoms with Gasteiger partial charge in [-0.05, 0) is 32.1 Å². The molecular weight excluding hydrogens is 204 g/mol. The monoisotopic (exact) mass is 230 g/mol. The summed E-state index contributed by atoms with van der Waals surface area (Å²) < 4.78 is 0. The minimum Gasteiger partial charge on any atom is -0.313 e. The van der Waals surface area contributed by atoms with Crippen LogP contribution in [-0.2, 0) is 0 Å². The van der Waals surface area contributed by atoms with Crippen LogP contribution in [0, 0.1) is 0 Å². The third kappa shape index (κ3) is 4.75. The van der Waals surface area contributed by atoms with Crippen LogP contribution >= 0.6 is 11.8 Å². The fourth-order valence-electron chi connectivity index (χ4n) is 2.10. The van der Waals surface area contributed by atoms with Crippen molar-refractivity contribution in [1.29, 1.82) is 0 Å². The van der Waals surface area contributed by atoms with Crippen LogP contribution in [0.3, 0.4) is 0 Å². The zero-order valence-electron chi connectivity index (χ0n) is 10.5. The first-order valence-electron chi connectivity index (χ1n) is 6.33. The van der Waals surface area contributed by atoms with E-state index in [-0.39, 0.29) is 0 Å². The van der Waals surface area contributed by atoms with Crippen molar-refractivity contribution in [2.45, 2.75) is 45.7 Å². The Balaban J connectivity index is 2.17. The van der Waals surface area contributed by atoms with Gasteiger partial charge in [0, 0.05) is 30.9 Å². The van der Waals surface area contributed by atoms with Gasteiger partial charge in [-0.3, -0.25) is 4.90 Å². The Morgan fingerprint density at radius 1 is 1.47 bits per heavy atom. The molecule has 90 valence electrons. The van der Waals surface area contributed by atoms with E-state index in [0.29, 0.717) is 0 Å². The SMILES string of the molecule is CCCNC1CCN(C(C)CSCC)C1. The van der Waals surface area contributed by atoms with Gasteiger partial charge in [-0.15, -0.1) is 0 Å². The van der Waals surface area contributed by atoms with E-state index in [1.54, 1.807) is 0 Å². The first kappa shape index (κ1) is 13.3. The second-order valence-electron chi connectivity index (χ2n) is 4.44. The molecule has 0 aromatic carbocycles. The second-order valence-corrected chi connectivity index (χ2v) is 5.76. The second kappa shape index (κ2) is 7.53. The first-order valence-corrected chi connectivity index (χ1v) is 7.48. The molecule has 1 rings (SSSR count). The molecule has 0 saturated carbocycles. The van der Waals surface area contributed by atoms with Crippen LogP contribution in [0.25, 0.3) is 0 Å². The van der Waals surface area contributed by atoms with Crippen molar-refractivity contribution in [2.24, 2.45) is 0 Å². The van der Waals surface area contributed by atoms with Gasteiger partial charge in [-0.2, -0.15) is 11.8 Å². The smallest absolute Gasteiger partial charge is 0.0207 e. The van der Waals surface area contributed by atoms with Crippen LogP contribution < -0.4 is 5.32 Å². The molecule has 1 heterocycles. The Morgan fingerprint density at radius 2 is 2.27 bits per heavy atom. The van der Waals surface area contributed by atoms with E-state index in [1.165, 1.54) is 44.0 Å². The van der Waals surface area contributed by atoms with E-state index in [4.69, 9.17) is 0 Å². The number of rotatable bonds is 7. The molecule has 0 amide bonds. The van der Waals surface area contributed by atoms with Crippen LogP contribution in [0.15, 0.2) is 0 Å².